The smallest absolute Gasteiger partial charge is 0.241 e. The monoisotopic (exact) mass is 297 g/mol. The van der Waals surface area contributed by atoms with Crippen molar-refractivity contribution in [2.75, 3.05) is 51.8 Å². The third kappa shape index (κ3) is 3.55. The highest BCUT2D eigenvalue weighted by Gasteiger charge is 2.21. The van der Waals surface area contributed by atoms with Crippen molar-refractivity contribution in [3.63, 3.8) is 0 Å². The van der Waals surface area contributed by atoms with Crippen LogP contribution in [0.4, 0.5) is 5.69 Å². The molecule has 0 saturated carbocycles. The zero-order valence-electron chi connectivity index (χ0n) is 11.9. The fourth-order valence-corrected chi connectivity index (χ4v) is 2.26. The molecule has 0 bridgehead atoms. The second-order valence-corrected chi connectivity index (χ2v) is 5.24. The number of carbonyl (C=O) groups excluding carboxylic acids is 1. The molecule has 20 heavy (non-hydrogen) atoms. The van der Waals surface area contributed by atoms with E-state index in [9.17, 15) is 4.79 Å². The Morgan fingerprint density at radius 1 is 1.55 bits per heavy atom. The van der Waals surface area contributed by atoms with Crippen LogP contribution in [-0.2, 0) is 4.79 Å². The van der Waals surface area contributed by atoms with Crippen LogP contribution < -0.4 is 15.0 Å². The maximum atomic E-state index is 12.2. The van der Waals surface area contributed by atoms with Crippen LogP contribution in [0.25, 0.3) is 0 Å². The zero-order valence-corrected chi connectivity index (χ0v) is 12.6. The van der Waals surface area contributed by atoms with Gasteiger partial charge in [0.15, 0.2) is 0 Å². The third-order valence-corrected chi connectivity index (χ3v) is 3.56. The van der Waals surface area contributed by atoms with E-state index in [1.54, 1.807) is 11.0 Å². The number of nitrogens with one attached hydrogen (secondary N) is 1. The summed E-state index contributed by atoms with van der Waals surface area (Å²) in [7, 11) is 3.69. The van der Waals surface area contributed by atoms with Crippen molar-refractivity contribution in [2.24, 2.45) is 0 Å². The quantitative estimate of drug-likeness (QED) is 0.887. The van der Waals surface area contributed by atoms with Gasteiger partial charge in [-0.25, -0.2) is 0 Å². The molecular weight excluding hydrogens is 278 g/mol. The normalized spacial score (nSPS) is 13.7. The second kappa shape index (κ2) is 6.81. The lowest BCUT2D eigenvalue weighted by Gasteiger charge is -2.32. The van der Waals surface area contributed by atoms with Gasteiger partial charge in [0.05, 0.1) is 18.8 Å². The van der Waals surface area contributed by atoms with E-state index in [0.29, 0.717) is 31.3 Å². The molecule has 1 heterocycles. The largest absolute Gasteiger partial charge is 0.490 e. The average Bonchev–Trinajstić information content (AvgIpc) is 2.45. The van der Waals surface area contributed by atoms with E-state index in [-0.39, 0.29) is 5.91 Å². The number of benzene rings is 1. The number of likely N-dealkylation sites (N-methyl/N-ethyl adjacent to an activating group) is 2. The molecule has 5 nitrogen and oxygen atoms in total. The van der Waals surface area contributed by atoms with Gasteiger partial charge in [-0.15, -0.1) is 0 Å². The number of ether oxygens (including phenoxy) is 1. The first-order chi connectivity index (χ1) is 9.61. The highest BCUT2D eigenvalue weighted by molar-refractivity contribution is 6.31. The van der Waals surface area contributed by atoms with Crippen molar-refractivity contribution in [3.05, 3.63) is 23.2 Å². The molecule has 1 aromatic rings. The van der Waals surface area contributed by atoms with Crippen LogP contribution in [0.2, 0.25) is 5.02 Å². The van der Waals surface area contributed by atoms with Crippen molar-refractivity contribution < 1.29 is 9.53 Å². The molecule has 110 valence electrons. The van der Waals surface area contributed by atoms with Crippen LogP contribution in [0.3, 0.4) is 0 Å². The Labute approximate surface area is 124 Å². The Morgan fingerprint density at radius 2 is 2.35 bits per heavy atom. The van der Waals surface area contributed by atoms with Gasteiger partial charge in [0.25, 0.3) is 0 Å². The number of hydrogen-bond acceptors (Lipinski definition) is 4. The Morgan fingerprint density at radius 3 is 3.10 bits per heavy atom. The van der Waals surface area contributed by atoms with Gasteiger partial charge >= 0.3 is 0 Å². The Hall–Kier alpha value is -1.46. The molecule has 0 aromatic heterocycles. The van der Waals surface area contributed by atoms with E-state index in [2.05, 4.69) is 5.32 Å². The van der Waals surface area contributed by atoms with E-state index in [0.717, 1.165) is 18.0 Å². The number of hydrogen-bond donors (Lipinski definition) is 1. The Kier molecular flexibility index (Phi) is 5.09. The van der Waals surface area contributed by atoms with Crippen LogP contribution >= 0.6 is 11.6 Å². The lowest BCUT2D eigenvalue weighted by molar-refractivity contribution is -0.128. The van der Waals surface area contributed by atoms with Gasteiger partial charge in [-0.2, -0.15) is 0 Å². The highest BCUT2D eigenvalue weighted by Crippen LogP contribution is 2.33. The van der Waals surface area contributed by atoms with Crippen LogP contribution in [0.5, 0.6) is 5.75 Å². The van der Waals surface area contributed by atoms with Crippen molar-refractivity contribution in [2.45, 2.75) is 0 Å². The third-order valence-electron chi connectivity index (χ3n) is 3.33. The maximum absolute atomic E-state index is 12.2. The van der Waals surface area contributed by atoms with Gasteiger partial charge < -0.3 is 19.9 Å². The summed E-state index contributed by atoms with van der Waals surface area (Å²) in [4.78, 5) is 15.9. The Bertz CT molecular complexity index is 481. The standard InChI is InChI=1S/C14H20ClN3O2/c1-16-5-6-17(2)14(19)10-18-7-8-20-13-4-3-11(15)9-12(13)18/h3-4,9,16H,5-8,10H2,1-2H3. The summed E-state index contributed by atoms with van der Waals surface area (Å²) in [5.41, 5.74) is 0.888. The molecule has 0 saturated heterocycles. The van der Waals surface area contributed by atoms with Crippen LogP contribution in [0.15, 0.2) is 18.2 Å². The van der Waals surface area contributed by atoms with Crippen molar-refractivity contribution in [1.82, 2.24) is 10.2 Å². The first-order valence-corrected chi connectivity index (χ1v) is 7.05. The summed E-state index contributed by atoms with van der Waals surface area (Å²) in [6.45, 7) is 3.11. The predicted octanol–water partition coefficient (Wildman–Crippen LogP) is 1.22. The van der Waals surface area contributed by atoms with Crippen LogP contribution in [0.1, 0.15) is 0 Å². The lowest BCUT2D eigenvalue weighted by atomic mass is 10.2. The zero-order chi connectivity index (χ0) is 14.5. The van der Waals surface area contributed by atoms with E-state index in [1.807, 2.05) is 31.1 Å². The molecular formula is C14H20ClN3O2. The number of carbonyl (C=O) groups is 1. The van der Waals surface area contributed by atoms with Crippen molar-refractivity contribution in [1.29, 1.82) is 0 Å². The minimum absolute atomic E-state index is 0.0908. The molecule has 6 heteroatoms. The second-order valence-electron chi connectivity index (χ2n) is 4.80. The summed E-state index contributed by atoms with van der Waals surface area (Å²) in [6.07, 6.45) is 0. The molecule has 2 rings (SSSR count). The number of anilines is 1. The predicted molar refractivity (Wildman–Crippen MR) is 80.7 cm³/mol. The summed E-state index contributed by atoms with van der Waals surface area (Å²) < 4.78 is 5.58. The first kappa shape index (κ1) is 14.9. The van der Waals surface area contributed by atoms with Gasteiger partial charge in [0.1, 0.15) is 12.4 Å². The van der Waals surface area contributed by atoms with Crippen LogP contribution in [0, 0.1) is 0 Å². The first-order valence-electron chi connectivity index (χ1n) is 6.67. The molecule has 0 fully saturated rings. The summed E-state index contributed by atoms with van der Waals surface area (Å²) >= 11 is 6.02. The molecule has 1 amide bonds. The molecule has 1 N–H and O–H groups in total. The van der Waals surface area contributed by atoms with Gasteiger partial charge in [-0.05, 0) is 25.2 Å². The molecule has 1 aliphatic heterocycles. The maximum Gasteiger partial charge on any atom is 0.241 e. The molecule has 0 atom stereocenters. The number of fused-ring (bicyclic) bond motifs is 1. The van der Waals surface area contributed by atoms with Crippen molar-refractivity contribution in [3.8, 4) is 5.75 Å². The number of halogens is 1. The molecule has 1 aliphatic rings. The molecule has 0 aliphatic carbocycles. The summed E-state index contributed by atoms with van der Waals surface area (Å²) in [6, 6.07) is 5.49. The van der Waals surface area contributed by atoms with E-state index >= 15 is 0 Å². The molecule has 1 aromatic carbocycles. The van der Waals surface area contributed by atoms with Gasteiger partial charge in [-0.3, -0.25) is 4.79 Å². The Balaban J connectivity index is 2.04. The minimum Gasteiger partial charge on any atom is -0.490 e. The highest BCUT2D eigenvalue weighted by atomic mass is 35.5. The minimum atomic E-state index is 0.0908. The van der Waals surface area contributed by atoms with Gasteiger partial charge in [-0.1, -0.05) is 11.6 Å². The number of nitrogens with zero attached hydrogens (tertiary/aromatic N) is 2. The lowest BCUT2D eigenvalue weighted by Crippen LogP contribution is -2.43. The van der Waals surface area contributed by atoms with Crippen LogP contribution in [-0.4, -0.2) is 57.7 Å². The number of amides is 1. The summed E-state index contributed by atoms with van der Waals surface area (Å²) in [5.74, 6) is 0.874. The average molecular weight is 298 g/mol. The topological polar surface area (TPSA) is 44.8 Å². The van der Waals surface area contributed by atoms with Gasteiger partial charge in [0, 0.05) is 25.2 Å². The fraction of sp³-hybridized carbons (Fsp3) is 0.500. The van der Waals surface area contributed by atoms with Gasteiger partial charge in [0.2, 0.25) is 5.91 Å². The fourth-order valence-electron chi connectivity index (χ4n) is 2.10. The van der Waals surface area contributed by atoms with E-state index in [4.69, 9.17) is 16.3 Å². The summed E-state index contributed by atoms with van der Waals surface area (Å²) in [5, 5.41) is 3.68. The van der Waals surface area contributed by atoms with Crippen molar-refractivity contribution >= 4 is 23.2 Å². The molecule has 0 radical (unpaired) electrons. The number of rotatable bonds is 5. The SMILES string of the molecule is CNCCN(C)C(=O)CN1CCOc2ccc(Cl)cc21. The molecule has 0 unspecified atom stereocenters. The van der Waals surface area contributed by atoms with E-state index < -0.39 is 0 Å². The van der Waals surface area contributed by atoms with E-state index in [1.165, 1.54) is 0 Å². The molecule has 0 spiro atoms.